The molecule has 0 aliphatic carbocycles. The van der Waals surface area contributed by atoms with Crippen molar-refractivity contribution in [1.82, 2.24) is 15.0 Å². The predicted molar refractivity (Wildman–Crippen MR) is 64.7 cm³/mol. The molecule has 96 valence electrons. The van der Waals surface area contributed by atoms with Gasteiger partial charge in [0.05, 0.1) is 0 Å². The lowest BCUT2D eigenvalue weighted by atomic mass is 9.84. The summed E-state index contributed by atoms with van der Waals surface area (Å²) in [5.41, 5.74) is 5.07. The first kappa shape index (κ1) is 13.5. The van der Waals surface area contributed by atoms with Crippen molar-refractivity contribution in [3.05, 3.63) is 0 Å². The zero-order valence-corrected chi connectivity index (χ0v) is 11.0. The van der Waals surface area contributed by atoms with Crippen molar-refractivity contribution in [3.63, 3.8) is 0 Å². The molecule has 1 aromatic rings. The van der Waals surface area contributed by atoms with E-state index < -0.39 is 11.6 Å². The Morgan fingerprint density at radius 2 is 1.71 bits per heavy atom. The van der Waals surface area contributed by atoms with Gasteiger partial charge in [0.15, 0.2) is 0 Å². The molecule has 3 N–H and O–H groups in total. The SMILES string of the molecule is CC(C)(C)CC(C)(C)Oc1nc(N)nc(O)n1. The summed E-state index contributed by atoms with van der Waals surface area (Å²) in [5.74, 6) is -0.0564. The monoisotopic (exact) mass is 240 g/mol. The van der Waals surface area contributed by atoms with E-state index >= 15 is 0 Å². The summed E-state index contributed by atoms with van der Waals surface area (Å²) in [6.45, 7) is 10.2. The van der Waals surface area contributed by atoms with Gasteiger partial charge in [-0.3, -0.25) is 0 Å². The summed E-state index contributed by atoms with van der Waals surface area (Å²) < 4.78 is 5.64. The van der Waals surface area contributed by atoms with Crippen LogP contribution in [0.25, 0.3) is 0 Å². The van der Waals surface area contributed by atoms with Crippen molar-refractivity contribution in [3.8, 4) is 12.0 Å². The second kappa shape index (κ2) is 4.35. The topological polar surface area (TPSA) is 94.2 Å². The molecule has 0 saturated carbocycles. The van der Waals surface area contributed by atoms with Crippen molar-refractivity contribution >= 4 is 5.95 Å². The van der Waals surface area contributed by atoms with Crippen molar-refractivity contribution in [2.24, 2.45) is 5.41 Å². The molecule has 6 heteroatoms. The predicted octanol–water partition coefficient (Wildman–Crippen LogP) is 1.75. The number of hydrogen-bond acceptors (Lipinski definition) is 6. The van der Waals surface area contributed by atoms with E-state index in [2.05, 4.69) is 35.7 Å². The molecule has 0 radical (unpaired) electrons. The number of nitrogen functional groups attached to an aromatic ring is 1. The van der Waals surface area contributed by atoms with E-state index in [0.29, 0.717) is 0 Å². The van der Waals surface area contributed by atoms with Crippen molar-refractivity contribution in [1.29, 1.82) is 0 Å². The normalized spacial score (nSPS) is 12.5. The van der Waals surface area contributed by atoms with E-state index in [9.17, 15) is 5.11 Å². The Morgan fingerprint density at radius 1 is 1.12 bits per heavy atom. The maximum Gasteiger partial charge on any atom is 0.324 e. The second-order valence-electron chi connectivity index (χ2n) is 5.88. The number of anilines is 1. The number of hydrogen-bond donors (Lipinski definition) is 2. The van der Waals surface area contributed by atoms with Crippen LogP contribution in [0.1, 0.15) is 41.0 Å². The summed E-state index contributed by atoms with van der Waals surface area (Å²) in [6.07, 6.45) is 0.812. The van der Waals surface area contributed by atoms with Gasteiger partial charge in [-0.25, -0.2) is 0 Å². The lowest BCUT2D eigenvalue weighted by molar-refractivity contribution is 0.0518. The van der Waals surface area contributed by atoms with E-state index in [-0.39, 0.29) is 17.4 Å². The molecule has 0 aliphatic rings. The Balaban J connectivity index is 2.82. The molecule has 0 saturated heterocycles. The van der Waals surface area contributed by atoms with Gasteiger partial charge in [0.2, 0.25) is 5.95 Å². The molecule has 1 heterocycles. The van der Waals surface area contributed by atoms with Gasteiger partial charge in [0, 0.05) is 0 Å². The van der Waals surface area contributed by atoms with Gasteiger partial charge in [-0.1, -0.05) is 20.8 Å². The van der Waals surface area contributed by atoms with Gasteiger partial charge in [-0.2, -0.15) is 9.97 Å². The number of ether oxygens (including phenoxy) is 1. The Bertz CT molecular complexity index is 379. The second-order valence-corrected chi connectivity index (χ2v) is 5.88. The van der Waals surface area contributed by atoms with Crippen LogP contribution in [0.2, 0.25) is 0 Å². The third-order valence-electron chi connectivity index (χ3n) is 1.94. The summed E-state index contributed by atoms with van der Waals surface area (Å²) in [6, 6.07) is -0.386. The lowest BCUT2D eigenvalue weighted by Gasteiger charge is -2.31. The van der Waals surface area contributed by atoms with Crippen LogP contribution in [0.15, 0.2) is 0 Å². The summed E-state index contributed by atoms with van der Waals surface area (Å²) >= 11 is 0. The van der Waals surface area contributed by atoms with E-state index in [1.807, 2.05) is 13.8 Å². The Kier molecular flexibility index (Phi) is 3.45. The third-order valence-corrected chi connectivity index (χ3v) is 1.94. The quantitative estimate of drug-likeness (QED) is 0.836. The first-order chi connectivity index (χ1) is 7.57. The third kappa shape index (κ3) is 4.84. The van der Waals surface area contributed by atoms with Gasteiger partial charge < -0.3 is 15.6 Å². The number of aromatic hydroxyl groups is 1. The first-order valence-corrected chi connectivity index (χ1v) is 5.47. The molecule has 6 nitrogen and oxygen atoms in total. The molecule has 0 atom stereocenters. The Morgan fingerprint density at radius 3 is 2.18 bits per heavy atom. The van der Waals surface area contributed by atoms with Crippen LogP contribution in [0.4, 0.5) is 5.95 Å². The van der Waals surface area contributed by atoms with Crippen molar-refractivity contribution < 1.29 is 9.84 Å². The number of rotatable bonds is 3. The van der Waals surface area contributed by atoms with E-state index in [1.54, 1.807) is 0 Å². The molecule has 0 aromatic carbocycles. The van der Waals surface area contributed by atoms with E-state index in [0.717, 1.165) is 6.42 Å². The minimum atomic E-state index is -0.446. The molecule has 0 aliphatic heterocycles. The van der Waals surface area contributed by atoms with Crippen LogP contribution < -0.4 is 10.5 Å². The molecular formula is C11H20N4O2. The summed E-state index contributed by atoms with van der Waals surface area (Å²) in [7, 11) is 0. The average Bonchev–Trinajstić information content (AvgIpc) is 1.93. The van der Waals surface area contributed by atoms with Crippen molar-refractivity contribution in [2.75, 3.05) is 5.73 Å². The van der Waals surface area contributed by atoms with E-state index in [1.165, 1.54) is 0 Å². The maximum absolute atomic E-state index is 9.20. The molecule has 0 unspecified atom stereocenters. The minimum Gasteiger partial charge on any atom is -0.479 e. The van der Waals surface area contributed by atoms with E-state index in [4.69, 9.17) is 10.5 Å². The fourth-order valence-corrected chi connectivity index (χ4v) is 1.97. The first-order valence-electron chi connectivity index (χ1n) is 5.47. The molecule has 0 amide bonds. The zero-order valence-electron chi connectivity index (χ0n) is 11.0. The van der Waals surface area contributed by atoms with Crippen LogP contribution in [0.5, 0.6) is 12.0 Å². The van der Waals surface area contributed by atoms with Crippen LogP contribution in [0, 0.1) is 5.41 Å². The van der Waals surface area contributed by atoms with Crippen LogP contribution in [-0.4, -0.2) is 25.7 Å². The lowest BCUT2D eigenvalue weighted by Crippen LogP contribution is -2.34. The molecule has 17 heavy (non-hydrogen) atoms. The molecular weight excluding hydrogens is 220 g/mol. The molecule has 1 rings (SSSR count). The highest BCUT2D eigenvalue weighted by Crippen LogP contribution is 2.30. The summed E-state index contributed by atoms with van der Waals surface area (Å²) in [4.78, 5) is 11.0. The van der Waals surface area contributed by atoms with Gasteiger partial charge >= 0.3 is 12.0 Å². The number of nitrogens with zero attached hydrogens (tertiary/aromatic N) is 3. The smallest absolute Gasteiger partial charge is 0.324 e. The molecule has 0 bridgehead atoms. The number of aromatic nitrogens is 3. The van der Waals surface area contributed by atoms with Gasteiger partial charge in [0.1, 0.15) is 5.60 Å². The molecule has 0 spiro atoms. The highest BCUT2D eigenvalue weighted by Gasteiger charge is 2.28. The van der Waals surface area contributed by atoms with Crippen LogP contribution in [-0.2, 0) is 0 Å². The zero-order chi connectivity index (χ0) is 13.3. The molecule has 1 aromatic heterocycles. The highest BCUT2D eigenvalue weighted by molar-refractivity contribution is 5.19. The fraction of sp³-hybridized carbons (Fsp3) is 0.727. The maximum atomic E-state index is 9.20. The van der Waals surface area contributed by atoms with Crippen LogP contribution >= 0.6 is 0 Å². The summed E-state index contributed by atoms with van der Waals surface area (Å²) in [5, 5.41) is 9.20. The minimum absolute atomic E-state index is 0.0456. The Hall–Kier alpha value is -1.59. The Labute approximate surface area is 101 Å². The van der Waals surface area contributed by atoms with Gasteiger partial charge in [-0.15, -0.1) is 4.98 Å². The highest BCUT2D eigenvalue weighted by atomic mass is 16.5. The van der Waals surface area contributed by atoms with Gasteiger partial charge in [0.25, 0.3) is 0 Å². The largest absolute Gasteiger partial charge is 0.479 e. The molecule has 0 fully saturated rings. The van der Waals surface area contributed by atoms with Crippen LogP contribution in [0.3, 0.4) is 0 Å². The van der Waals surface area contributed by atoms with Crippen molar-refractivity contribution in [2.45, 2.75) is 46.6 Å². The van der Waals surface area contributed by atoms with Gasteiger partial charge in [-0.05, 0) is 25.7 Å². The number of nitrogens with two attached hydrogens (primary N) is 1. The standard InChI is InChI=1S/C11H20N4O2/c1-10(2,3)6-11(4,5)17-9-14-7(12)13-8(16)15-9/h6H2,1-5H3,(H3,12,13,14,15,16). The average molecular weight is 240 g/mol. The fourth-order valence-electron chi connectivity index (χ4n) is 1.97.